The molecule has 1 aliphatic rings. The number of rotatable bonds is 4. The maximum Gasteiger partial charge on any atom is 0.128 e. The van der Waals surface area contributed by atoms with Gasteiger partial charge >= 0.3 is 0 Å². The highest BCUT2D eigenvalue weighted by atomic mass is 19.1. The molecule has 0 saturated carbocycles. The topological polar surface area (TPSA) is 29.3 Å². The summed E-state index contributed by atoms with van der Waals surface area (Å²) in [5.74, 6) is 0.672. The van der Waals surface area contributed by atoms with Gasteiger partial charge in [-0.05, 0) is 44.3 Å². The van der Waals surface area contributed by atoms with E-state index in [1.807, 2.05) is 6.07 Å². The molecule has 1 aliphatic heterocycles. The first-order valence-electron chi connectivity index (χ1n) is 7.43. The molecule has 0 aliphatic carbocycles. The van der Waals surface area contributed by atoms with E-state index in [1.165, 1.54) is 31.7 Å². The van der Waals surface area contributed by atoms with Gasteiger partial charge in [-0.25, -0.2) is 4.39 Å². The van der Waals surface area contributed by atoms with Crippen LogP contribution in [0.4, 0.5) is 4.39 Å². The Bertz CT molecular complexity index is 394. The fourth-order valence-electron chi connectivity index (χ4n) is 2.97. The minimum absolute atomic E-state index is 0.184. The minimum Gasteiger partial charge on any atom is -0.323 e. The predicted molar refractivity (Wildman–Crippen MR) is 77.4 cm³/mol. The maximum absolute atomic E-state index is 13.7. The van der Waals surface area contributed by atoms with Gasteiger partial charge in [-0.2, -0.15) is 0 Å². The monoisotopic (exact) mass is 264 g/mol. The summed E-state index contributed by atoms with van der Waals surface area (Å²) >= 11 is 0. The third-order valence-corrected chi connectivity index (χ3v) is 4.28. The summed E-state index contributed by atoms with van der Waals surface area (Å²) in [6.45, 7) is 5.22. The van der Waals surface area contributed by atoms with Gasteiger partial charge in [0.1, 0.15) is 5.82 Å². The number of nitrogens with zero attached hydrogens (tertiary/aromatic N) is 1. The molecule has 2 atom stereocenters. The highest BCUT2D eigenvalue weighted by molar-refractivity contribution is 5.21. The van der Waals surface area contributed by atoms with Crippen LogP contribution in [0.3, 0.4) is 0 Å². The van der Waals surface area contributed by atoms with Crippen LogP contribution in [0.5, 0.6) is 0 Å². The van der Waals surface area contributed by atoms with Gasteiger partial charge in [0.25, 0.3) is 0 Å². The highest BCUT2D eigenvalue weighted by Crippen LogP contribution is 2.22. The molecule has 2 rings (SSSR count). The molecule has 1 heterocycles. The number of halogens is 1. The van der Waals surface area contributed by atoms with Crippen molar-refractivity contribution in [2.75, 3.05) is 19.6 Å². The SMILES string of the molecule is CCC1CCCN(CC(N)c2ccccc2F)CC1. The molecular formula is C16H25FN2. The van der Waals surface area contributed by atoms with Crippen molar-refractivity contribution in [3.8, 4) is 0 Å². The molecule has 19 heavy (non-hydrogen) atoms. The fraction of sp³-hybridized carbons (Fsp3) is 0.625. The highest BCUT2D eigenvalue weighted by Gasteiger charge is 2.19. The minimum atomic E-state index is -0.223. The Labute approximate surface area is 115 Å². The lowest BCUT2D eigenvalue weighted by molar-refractivity contribution is 0.262. The van der Waals surface area contributed by atoms with Gasteiger partial charge in [0.05, 0.1) is 0 Å². The second-order valence-electron chi connectivity index (χ2n) is 5.63. The number of nitrogens with two attached hydrogens (primary N) is 1. The van der Waals surface area contributed by atoms with Crippen molar-refractivity contribution in [1.29, 1.82) is 0 Å². The Morgan fingerprint density at radius 1 is 1.32 bits per heavy atom. The smallest absolute Gasteiger partial charge is 0.128 e. The molecule has 0 radical (unpaired) electrons. The molecule has 0 aromatic heterocycles. The van der Waals surface area contributed by atoms with Crippen molar-refractivity contribution in [3.63, 3.8) is 0 Å². The van der Waals surface area contributed by atoms with Crippen LogP contribution in [0.1, 0.15) is 44.2 Å². The van der Waals surface area contributed by atoms with E-state index in [1.54, 1.807) is 12.1 Å². The van der Waals surface area contributed by atoms with Crippen LogP contribution < -0.4 is 5.73 Å². The van der Waals surface area contributed by atoms with Crippen molar-refractivity contribution in [1.82, 2.24) is 4.90 Å². The lowest BCUT2D eigenvalue weighted by Crippen LogP contribution is -2.33. The number of benzene rings is 1. The number of hydrogen-bond donors (Lipinski definition) is 1. The van der Waals surface area contributed by atoms with Crippen LogP contribution in [0, 0.1) is 11.7 Å². The molecule has 1 saturated heterocycles. The Balaban J connectivity index is 1.92. The Kier molecular flexibility index (Phi) is 5.34. The first-order valence-corrected chi connectivity index (χ1v) is 7.43. The van der Waals surface area contributed by atoms with Crippen LogP contribution in [-0.4, -0.2) is 24.5 Å². The third-order valence-electron chi connectivity index (χ3n) is 4.28. The summed E-state index contributed by atoms with van der Waals surface area (Å²) < 4.78 is 13.7. The summed E-state index contributed by atoms with van der Waals surface area (Å²) in [7, 11) is 0. The quantitative estimate of drug-likeness (QED) is 0.903. The first-order chi connectivity index (χ1) is 9.20. The maximum atomic E-state index is 13.7. The molecule has 2 nitrogen and oxygen atoms in total. The van der Waals surface area contributed by atoms with Crippen molar-refractivity contribution in [3.05, 3.63) is 35.6 Å². The van der Waals surface area contributed by atoms with Crippen molar-refractivity contribution < 1.29 is 4.39 Å². The molecule has 0 bridgehead atoms. The Hall–Kier alpha value is -0.930. The molecule has 0 spiro atoms. The van der Waals surface area contributed by atoms with Gasteiger partial charge in [0.15, 0.2) is 0 Å². The van der Waals surface area contributed by atoms with Gasteiger partial charge in [-0.3, -0.25) is 0 Å². The summed E-state index contributed by atoms with van der Waals surface area (Å²) in [6, 6.07) is 6.63. The summed E-state index contributed by atoms with van der Waals surface area (Å²) in [6.07, 6.45) is 5.08. The van der Waals surface area contributed by atoms with Crippen molar-refractivity contribution in [2.24, 2.45) is 11.7 Å². The van der Waals surface area contributed by atoms with Crippen LogP contribution in [-0.2, 0) is 0 Å². The van der Waals surface area contributed by atoms with E-state index in [0.29, 0.717) is 5.56 Å². The van der Waals surface area contributed by atoms with Gasteiger partial charge in [0.2, 0.25) is 0 Å². The fourth-order valence-corrected chi connectivity index (χ4v) is 2.97. The second-order valence-corrected chi connectivity index (χ2v) is 5.63. The lowest BCUT2D eigenvalue weighted by Gasteiger charge is -2.24. The molecular weight excluding hydrogens is 239 g/mol. The molecule has 106 valence electrons. The molecule has 2 N–H and O–H groups in total. The predicted octanol–water partition coefficient (Wildman–Crippen LogP) is 3.34. The van der Waals surface area contributed by atoms with Gasteiger partial charge in [-0.1, -0.05) is 31.5 Å². The van der Waals surface area contributed by atoms with Crippen LogP contribution in [0.15, 0.2) is 24.3 Å². The van der Waals surface area contributed by atoms with Crippen LogP contribution in [0.2, 0.25) is 0 Å². The first kappa shape index (κ1) is 14.5. The van der Waals surface area contributed by atoms with Crippen molar-refractivity contribution in [2.45, 2.75) is 38.6 Å². The largest absolute Gasteiger partial charge is 0.323 e. The van der Waals surface area contributed by atoms with E-state index in [4.69, 9.17) is 5.73 Å². The molecule has 2 unspecified atom stereocenters. The standard InChI is InChI=1S/C16H25FN2/c1-2-13-6-5-10-19(11-9-13)12-16(18)14-7-3-4-8-15(14)17/h3-4,7-8,13,16H,2,5-6,9-12,18H2,1H3. The summed E-state index contributed by atoms with van der Waals surface area (Å²) in [5, 5.41) is 0. The van der Waals surface area contributed by atoms with Crippen molar-refractivity contribution >= 4 is 0 Å². The van der Waals surface area contributed by atoms with E-state index in [0.717, 1.165) is 25.6 Å². The zero-order chi connectivity index (χ0) is 13.7. The summed E-state index contributed by atoms with van der Waals surface area (Å²) in [4.78, 5) is 2.40. The van der Waals surface area contributed by atoms with E-state index in [-0.39, 0.29) is 11.9 Å². The average Bonchev–Trinajstić information content (AvgIpc) is 2.64. The zero-order valence-electron chi connectivity index (χ0n) is 11.8. The van der Waals surface area contributed by atoms with Gasteiger partial charge in [-0.15, -0.1) is 0 Å². The van der Waals surface area contributed by atoms with Crippen LogP contribution in [0.25, 0.3) is 0 Å². The molecule has 1 aromatic rings. The molecule has 3 heteroatoms. The van der Waals surface area contributed by atoms with E-state index in [9.17, 15) is 4.39 Å². The lowest BCUT2D eigenvalue weighted by atomic mass is 9.98. The second kappa shape index (κ2) is 7.01. The zero-order valence-corrected chi connectivity index (χ0v) is 11.8. The number of likely N-dealkylation sites (tertiary alicyclic amines) is 1. The average molecular weight is 264 g/mol. The van der Waals surface area contributed by atoms with Gasteiger partial charge < -0.3 is 10.6 Å². The van der Waals surface area contributed by atoms with Crippen LogP contribution >= 0.6 is 0 Å². The Morgan fingerprint density at radius 2 is 2.11 bits per heavy atom. The summed E-state index contributed by atoms with van der Waals surface area (Å²) in [5.41, 5.74) is 6.80. The van der Waals surface area contributed by atoms with E-state index in [2.05, 4.69) is 11.8 Å². The Morgan fingerprint density at radius 3 is 2.84 bits per heavy atom. The van der Waals surface area contributed by atoms with E-state index < -0.39 is 0 Å². The molecule has 0 amide bonds. The number of hydrogen-bond acceptors (Lipinski definition) is 2. The van der Waals surface area contributed by atoms with Gasteiger partial charge in [0, 0.05) is 18.2 Å². The van der Waals surface area contributed by atoms with E-state index >= 15 is 0 Å². The molecule has 1 fully saturated rings. The third kappa shape index (κ3) is 4.02. The molecule has 1 aromatic carbocycles. The normalized spacial score (nSPS) is 23.0.